The topological polar surface area (TPSA) is 108 Å². The fraction of sp³-hybridized carbons (Fsp3) is 0.357. The van der Waals surface area contributed by atoms with Crippen LogP contribution in [0.5, 0.6) is 5.75 Å². The molecule has 0 aliphatic heterocycles. The predicted molar refractivity (Wildman–Crippen MR) is 84.0 cm³/mol. The fourth-order valence-electron chi connectivity index (χ4n) is 1.63. The van der Waals surface area contributed by atoms with E-state index in [1.54, 1.807) is 33.0 Å². The zero-order chi connectivity index (χ0) is 17.0. The van der Waals surface area contributed by atoms with E-state index in [4.69, 9.17) is 5.26 Å². The third-order valence-corrected chi connectivity index (χ3v) is 4.25. The Morgan fingerprint density at radius 3 is 2.70 bits per heavy atom. The van der Waals surface area contributed by atoms with E-state index >= 15 is 0 Å². The summed E-state index contributed by atoms with van der Waals surface area (Å²) >= 11 is 1.18. The molecule has 0 aliphatic rings. The molecule has 23 heavy (non-hydrogen) atoms. The maximum absolute atomic E-state index is 12.2. The van der Waals surface area contributed by atoms with Gasteiger partial charge in [-0.15, -0.1) is 5.10 Å². The molecule has 1 heterocycles. The van der Waals surface area contributed by atoms with Crippen molar-refractivity contribution in [2.45, 2.75) is 24.5 Å². The Morgan fingerprint density at radius 2 is 2.09 bits per heavy atom. The lowest BCUT2D eigenvalue weighted by molar-refractivity contribution is -0.130. The van der Waals surface area contributed by atoms with Gasteiger partial charge in [-0.2, -0.15) is 9.94 Å². The lowest BCUT2D eigenvalue weighted by atomic mass is 10.1. The third kappa shape index (κ3) is 3.78. The van der Waals surface area contributed by atoms with Crippen LogP contribution in [0.3, 0.4) is 0 Å². The van der Waals surface area contributed by atoms with Gasteiger partial charge in [-0.05, 0) is 48.5 Å². The maximum Gasteiger partial charge on any atom is 0.234 e. The van der Waals surface area contributed by atoms with E-state index in [1.807, 2.05) is 0 Å². The summed E-state index contributed by atoms with van der Waals surface area (Å²) in [6, 6.07) is 8.48. The number of carbonyl (C=O) groups excluding carboxylic acids is 1. The Bertz CT molecular complexity index is 734. The number of aromatic nitrogens is 4. The van der Waals surface area contributed by atoms with E-state index in [1.165, 1.54) is 33.5 Å². The van der Waals surface area contributed by atoms with E-state index in [0.717, 1.165) is 0 Å². The van der Waals surface area contributed by atoms with Crippen molar-refractivity contribution in [3.05, 3.63) is 24.3 Å². The smallest absolute Gasteiger partial charge is 0.234 e. The van der Waals surface area contributed by atoms with Crippen LogP contribution in [-0.2, 0) is 4.79 Å². The summed E-state index contributed by atoms with van der Waals surface area (Å²) in [7, 11) is 1.59. The van der Waals surface area contributed by atoms with Gasteiger partial charge in [0.05, 0.1) is 17.5 Å². The quantitative estimate of drug-likeness (QED) is 0.820. The number of aromatic hydroxyl groups is 1. The molecule has 0 aliphatic carbocycles. The Kier molecular flexibility index (Phi) is 4.86. The first-order chi connectivity index (χ1) is 10.8. The van der Waals surface area contributed by atoms with Crippen LogP contribution in [0, 0.1) is 11.3 Å². The number of hydrogen-bond donors (Lipinski definition) is 1. The first-order valence-corrected chi connectivity index (χ1v) is 7.72. The molecule has 0 atom stereocenters. The number of nitriles is 1. The third-order valence-electron chi connectivity index (χ3n) is 3.35. The Morgan fingerprint density at radius 1 is 1.43 bits per heavy atom. The zero-order valence-electron chi connectivity index (χ0n) is 13.0. The number of phenolic OH excluding ortho intramolecular Hbond substituents is 1. The van der Waals surface area contributed by atoms with Gasteiger partial charge in [-0.3, -0.25) is 4.79 Å². The highest BCUT2D eigenvalue weighted by molar-refractivity contribution is 7.99. The van der Waals surface area contributed by atoms with Crippen molar-refractivity contribution < 1.29 is 9.90 Å². The van der Waals surface area contributed by atoms with E-state index in [0.29, 0.717) is 10.8 Å². The average molecular weight is 332 g/mol. The normalized spacial score (nSPS) is 11.0. The average Bonchev–Trinajstić information content (AvgIpc) is 3.01. The Hall–Kier alpha value is -2.60. The van der Waals surface area contributed by atoms with Gasteiger partial charge in [0.25, 0.3) is 0 Å². The van der Waals surface area contributed by atoms with Gasteiger partial charge in [0, 0.05) is 7.05 Å². The SMILES string of the molecule is CN(C(=O)CSc1nnnn1-c1ccc(O)cc1)C(C)(C)C#N. The molecule has 1 N–H and O–H groups in total. The molecule has 1 amide bonds. The molecule has 0 radical (unpaired) electrons. The molecule has 1 aromatic carbocycles. The number of nitrogens with zero attached hydrogens (tertiary/aromatic N) is 6. The van der Waals surface area contributed by atoms with Crippen LogP contribution in [0.2, 0.25) is 0 Å². The largest absolute Gasteiger partial charge is 0.508 e. The number of amides is 1. The van der Waals surface area contributed by atoms with Gasteiger partial charge in [-0.25, -0.2) is 0 Å². The highest BCUT2D eigenvalue weighted by Gasteiger charge is 2.27. The molecule has 2 rings (SSSR count). The van der Waals surface area contributed by atoms with Crippen molar-refractivity contribution >= 4 is 17.7 Å². The summed E-state index contributed by atoms with van der Waals surface area (Å²) < 4.78 is 1.48. The number of thioether (sulfide) groups is 1. The standard InChI is InChI=1S/C14H16N6O2S/c1-14(2,9-15)19(3)12(22)8-23-13-16-17-18-20(13)10-4-6-11(21)7-5-10/h4-7,21H,8H2,1-3H3. The van der Waals surface area contributed by atoms with Gasteiger partial charge in [0.15, 0.2) is 0 Å². The van der Waals surface area contributed by atoms with E-state index < -0.39 is 5.54 Å². The van der Waals surface area contributed by atoms with Crippen molar-refractivity contribution in [1.82, 2.24) is 25.1 Å². The van der Waals surface area contributed by atoms with Crippen LogP contribution in [0.15, 0.2) is 29.4 Å². The van der Waals surface area contributed by atoms with Crippen LogP contribution < -0.4 is 0 Å². The first-order valence-electron chi connectivity index (χ1n) is 6.73. The van der Waals surface area contributed by atoms with Crippen molar-refractivity contribution in [2.75, 3.05) is 12.8 Å². The second-order valence-corrected chi connectivity index (χ2v) is 6.24. The fourth-order valence-corrected chi connectivity index (χ4v) is 2.44. The second-order valence-electron chi connectivity index (χ2n) is 5.30. The minimum Gasteiger partial charge on any atom is -0.508 e. The summed E-state index contributed by atoms with van der Waals surface area (Å²) in [4.78, 5) is 13.6. The Labute approximate surface area is 137 Å². The van der Waals surface area contributed by atoms with Crippen LogP contribution in [0.1, 0.15) is 13.8 Å². The predicted octanol–water partition coefficient (Wildman–Crippen LogP) is 1.22. The molecule has 2 aromatic rings. The number of phenols is 1. The van der Waals surface area contributed by atoms with Crippen molar-refractivity contribution in [3.63, 3.8) is 0 Å². The number of hydrogen-bond acceptors (Lipinski definition) is 7. The minimum absolute atomic E-state index is 0.111. The first kappa shape index (κ1) is 16.8. The summed E-state index contributed by atoms with van der Waals surface area (Å²) in [6.45, 7) is 3.35. The molecule has 1 aromatic heterocycles. The van der Waals surface area contributed by atoms with Crippen LogP contribution in [-0.4, -0.2) is 54.5 Å². The van der Waals surface area contributed by atoms with Crippen molar-refractivity contribution in [2.24, 2.45) is 0 Å². The molecular weight excluding hydrogens is 316 g/mol. The molecule has 0 spiro atoms. The monoisotopic (exact) mass is 332 g/mol. The molecule has 9 heteroatoms. The number of benzene rings is 1. The van der Waals surface area contributed by atoms with Crippen molar-refractivity contribution in [1.29, 1.82) is 5.26 Å². The van der Waals surface area contributed by atoms with E-state index in [2.05, 4.69) is 21.6 Å². The summed E-state index contributed by atoms with van der Waals surface area (Å²) in [6.07, 6.45) is 0. The number of carbonyl (C=O) groups is 1. The summed E-state index contributed by atoms with van der Waals surface area (Å²) in [5.74, 6) is 0.0634. The van der Waals surface area contributed by atoms with Crippen LogP contribution in [0.4, 0.5) is 0 Å². The summed E-state index contributed by atoms with van der Waals surface area (Å²) in [5.41, 5.74) is -0.200. The number of rotatable bonds is 5. The molecule has 0 bridgehead atoms. The molecule has 0 unspecified atom stereocenters. The summed E-state index contributed by atoms with van der Waals surface area (Å²) in [5, 5.41) is 30.2. The highest BCUT2D eigenvalue weighted by Crippen LogP contribution is 2.21. The minimum atomic E-state index is -0.874. The van der Waals surface area contributed by atoms with Gasteiger partial charge in [0.2, 0.25) is 11.1 Å². The molecule has 0 saturated heterocycles. The van der Waals surface area contributed by atoms with Crippen LogP contribution in [0.25, 0.3) is 5.69 Å². The lowest BCUT2D eigenvalue weighted by Crippen LogP contribution is -2.44. The Balaban J connectivity index is 2.08. The van der Waals surface area contributed by atoms with Gasteiger partial charge < -0.3 is 10.0 Å². The van der Waals surface area contributed by atoms with E-state index in [9.17, 15) is 9.90 Å². The lowest BCUT2D eigenvalue weighted by Gasteiger charge is -2.28. The molecule has 120 valence electrons. The highest BCUT2D eigenvalue weighted by atomic mass is 32.2. The molecular formula is C14H16N6O2S. The molecule has 8 nitrogen and oxygen atoms in total. The second kappa shape index (κ2) is 6.66. The van der Waals surface area contributed by atoms with Crippen molar-refractivity contribution in [3.8, 4) is 17.5 Å². The van der Waals surface area contributed by atoms with Gasteiger partial charge in [0.1, 0.15) is 11.3 Å². The molecule has 0 saturated carbocycles. The number of tetrazole rings is 1. The van der Waals surface area contributed by atoms with E-state index in [-0.39, 0.29) is 17.4 Å². The zero-order valence-corrected chi connectivity index (χ0v) is 13.8. The molecule has 0 fully saturated rings. The van der Waals surface area contributed by atoms with Gasteiger partial charge in [-0.1, -0.05) is 11.8 Å². The van der Waals surface area contributed by atoms with Crippen LogP contribution >= 0.6 is 11.8 Å². The van der Waals surface area contributed by atoms with Gasteiger partial charge >= 0.3 is 0 Å². The maximum atomic E-state index is 12.2.